The molecule has 0 radical (unpaired) electrons. The lowest BCUT2D eigenvalue weighted by Crippen LogP contribution is -2.02. The predicted octanol–water partition coefficient (Wildman–Crippen LogP) is 5.50. The number of benzene rings is 2. The normalized spacial score (nSPS) is 14.1. The Kier molecular flexibility index (Phi) is 3.88. The summed E-state index contributed by atoms with van der Waals surface area (Å²) >= 11 is 0. The molecule has 4 nitrogen and oxygen atoms in total. The van der Waals surface area contributed by atoms with E-state index in [2.05, 4.69) is 46.4 Å². The van der Waals surface area contributed by atoms with Gasteiger partial charge in [-0.2, -0.15) is 0 Å². The Balaban J connectivity index is 1.33. The van der Waals surface area contributed by atoms with Gasteiger partial charge in [0.1, 0.15) is 0 Å². The lowest BCUT2D eigenvalue weighted by Gasteiger charge is -2.06. The molecule has 2 aliphatic heterocycles. The first kappa shape index (κ1) is 17.0. The second kappa shape index (κ2) is 6.85. The Bertz CT molecular complexity index is 1220. The third-order valence-corrected chi connectivity index (χ3v) is 5.65. The van der Waals surface area contributed by atoms with Crippen LogP contribution in [-0.4, -0.2) is 21.4 Å². The average molecular weight is 386 g/mol. The highest BCUT2D eigenvalue weighted by Gasteiger charge is 2.20. The smallest absolute Gasteiger partial charge is 0.0848 e. The summed E-state index contributed by atoms with van der Waals surface area (Å²) in [5.41, 5.74) is 10.8. The van der Waals surface area contributed by atoms with Crippen molar-refractivity contribution in [2.45, 2.75) is 12.8 Å². The Labute approximate surface area is 174 Å². The fourth-order valence-electron chi connectivity index (χ4n) is 4.09. The largest absolute Gasteiger partial charge is 0.255 e. The van der Waals surface area contributed by atoms with Gasteiger partial charge in [-0.15, -0.1) is 0 Å². The first-order valence-corrected chi connectivity index (χ1v) is 10.1. The first-order chi connectivity index (χ1) is 14.8. The van der Waals surface area contributed by atoms with Crippen molar-refractivity contribution in [3.05, 3.63) is 108 Å². The topological polar surface area (TPSA) is 50.5 Å². The van der Waals surface area contributed by atoms with Crippen LogP contribution in [0, 0.1) is 0 Å². The summed E-state index contributed by atoms with van der Waals surface area (Å²) in [6, 6.07) is 25.0. The van der Waals surface area contributed by atoms with Crippen LogP contribution >= 0.6 is 0 Å². The molecule has 2 aromatic heterocycles. The van der Waals surface area contributed by atoms with Crippen LogP contribution in [0.4, 0.5) is 11.4 Å². The molecule has 0 unspecified atom stereocenters. The molecule has 0 bridgehead atoms. The van der Waals surface area contributed by atoms with E-state index < -0.39 is 0 Å². The van der Waals surface area contributed by atoms with E-state index in [0.717, 1.165) is 58.2 Å². The highest BCUT2D eigenvalue weighted by molar-refractivity contribution is 6.06. The maximum atomic E-state index is 4.85. The fourth-order valence-corrected chi connectivity index (χ4v) is 4.09. The number of fused-ring (bicyclic) bond motifs is 2. The number of pyridine rings is 2. The molecule has 0 saturated carbocycles. The van der Waals surface area contributed by atoms with Gasteiger partial charge in [0.2, 0.25) is 0 Å². The van der Waals surface area contributed by atoms with Gasteiger partial charge in [-0.05, 0) is 58.7 Å². The van der Waals surface area contributed by atoms with E-state index in [4.69, 9.17) is 9.98 Å². The molecular weight excluding hydrogens is 368 g/mol. The number of hydrogen-bond acceptors (Lipinski definition) is 4. The minimum absolute atomic E-state index is 0.828. The Morgan fingerprint density at radius 1 is 0.533 bits per heavy atom. The molecule has 0 amide bonds. The Hall–Kier alpha value is -3.92. The molecule has 0 aliphatic carbocycles. The molecule has 4 aromatic rings. The van der Waals surface area contributed by atoms with Gasteiger partial charge in [-0.1, -0.05) is 36.4 Å². The summed E-state index contributed by atoms with van der Waals surface area (Å²) in [6.07, 6.45) is 5.29. The van der Waals surface area contributed by atoms with Gasteiger partial charge >= 0.3 is 0 Å². The van der Waals surface area contributed by atoms with Crippen molar-refractivity contribution in [3.63, 3.8) is 0 Å². The van der Waals surface area contributed by atoms with E-state index in [0.29, 0.717) is 0 Å². The predicted molar refractivity (Wildman–Crippen MR) is 120 cm³/mol. The number of aliphatic imine (C=N–C) groups is 2. The zero-order valence-corrected chi connectivity index (χ0v) is 16.3. The third-order valence-electron chi connectivity index (χ3n) is 5.65. The van der Waals surface area contributed by atoms with Gasteiger partial charge < -0.3 is 0 Å². The van der Waals surface area contributed by atoms with E-state index in [1.54, 1.807) is 0 Å². The van der Waals surface area contributed by atoms with Crippen molar-refractivity contribution in [2.75, 3.05) is 0 Å². The standard InChI is InChI=1S/C26H18N4/c1-3-11-27-21(5-1)25-15-19-9-7-17(13-23(19)29-25)18-8-10-20-16-26(30-24(20)14-18)22-6-2-4-12-28-22/h1-14H,15-16H2. The number of rotatable bonds is 3. The summed E-state index contributed by atoms with van der Waals surface area (Å²) in [5.74, 6) is 0. The van der Waals surface area contributed by atoms with Crippen molar-refractivity contribution >= 4 is 22.8 Å². The number of aromatic nitrogens is 2. The van der Waals surface area contributed by atoms with Crippen molar-refractivity contribution in [1.82, 2.24) is 9.97 Å². The van der Waals surface area contributed by atoms with Crippen LogP contribution in [0.2, 0.25) is 0 Å². The molecule has 0 saturated heterocycles. The molecule has 2 aromatic carbocycles. The van der Waals surface area contributed by atoms with E-state index >= 15 is 0 Å². The zero-order valence-electron chi connectivity index (χ0n) is 16.3. The fraction of sp³-hybridized carbons (Fsp3) is 0.0769. The van der Waals surface area contributed by atoms with Crippen LogP contribution in [0.25, 0.3) is 11.1 Å². The maximum absolute atomic E-state index is 4.85. The first-order valence-electron chi connectivity index (χ1n) is 10.1. The summed E-state index contributed by atoms with van der Waals surface area (Å²) in [4.78, 5) is 18.6. The van der Waals surface area contributed by atoms with Crippen LogP contribution in [0.15, 0.2) is 95.2 Å². The van der Waals surface area contributed by atoms with Crippen LogP contribution in [0.3, 0.4) is 0 Å². The van der Waals surface area contributed by atoms with E-state index in [1.165, 1.54) is 11.1 Å². The minimum Gasteiger partial charge on any atom is -0.255 e. The second-order valence-electron chi connectivity index (χ2n) is 7.59. The molecular formula is C26H18N4. The summed E-state index contributed by atoms with van der Waals surface area (Å²) in [6.45, 7) is 0. The van der Waals surface area contributed by atoms with E-state index in [1.807, 2.05) is 48.8 Å². The molecule has 6 rings (SSSR count). The van der Waals surface area contributed by atoms with Crippen molar-refractivity contribution in [1.29, 1.82) is 0 Å². The minimum atomic E-state index is 0.828. The molecule has 2 aliphatic rings. The summed E-state index contributed by atoms with van der Waals surface area (Å²) in [5, 5.41) is 0. The molecule has 4 heterocycles. The molecule has 4 heteroatoms. The quantitative estimate of drug-likeness (QED) is 0.467. The molecule has 142 valence electrons. The Morgan fingerprint density at radius 3 is 1.47 bits per heavy atom. The average Bonchev–Trinajstić information content (AvgIpc) is 3.43. The van der Waals surface area contributed by atoms with Gasteiger partial charge in [0, 0.05) is 25.2 Å². The zero-order chi connectivity index (χ0) is 19.9. The van der Waals surface area contributed by atoms with Gasteiger partial charge in [0.25, 0.3) is 0 Å². The summed E-state index contributed by atoms with van der Waals surface area (Å²) < 4.78 is 0. The summed E-state index contributed by atoms with van der Waals surface area (Å²) in [7, 11) is 0. The van der Waals surface area contributed by atoms with Gasteiger partial charge in [0.05, 0.1) is 34.2 Å². The van der Waals surface area contributed by atoms with Crippen molar-refractivity contribution in [2.24, 2.45) is 9.98 Å². The highest BCUT2D eigenvalue weighted by Crippen LogP contribution is 2.36. The SMILES string of the molecule is c1ccc(C2=Nc3cc(-c4ccc5c(c4)N=C(c4ccccn4)C5)ccc3C2)nc1. The van der Waals surface area contributed by atoms with Crippen LogP contribution in [0.1, 0.15) is 22.5 Å². The van der Waals surface area contributed by atoms with Gasteiger partial charge in [-0.3, -0.25) is 20.0 Å². The molecule has 0 spiro atoms. The number of nitrogens with zero attached hydrogens (tertiary/aromatic N) is 4. The highest BCUT2D eigenvalue weighted by atomic mass is 14.8. The molecule has 0 fully saturated rings. The van der Waals surface area contributed by atoms with E-state index in [9.17, 15) is 0 Å². The third kappa shape index (κ3) is 2.94. The second-order valence-corrected chi connectivity index (χ2v) is 7.59. The van der Waals surface area contributed by atoms with Gasteiger partial charge in [0.15, 0.2) is 0 Å². The monoisotopic (exact) mass is 386 g/mol. The maximum Gasteiger partial charge on any atom is 0.0848 e. The molecule has 0 N–H and O–H groups in total. The lowest BCUT2D eigenvalue weighted by molar-refractivity contribution is 1.26. The van der Waals surface area contributed by atoms with Crippen molar-refractivity contribution < 1.29 is 0 Å². The Morgan fingerprint density at radius 2 is 1.03 bits per heavy atom. The van der Waals surface area contributed by atoms with Crippen molar-refractivity contribution in [3.8, 4) is 11.1 Å². The lowest BCUT2D eigenvalue weighted by atomic mass is 9.99. The molecule has 30 heavy (non-hydrogen) atoms. The van der Waals surface area contributed by atoms with Gasteiger partial charge in [-0.25, -0.2) is 0 Å². The van der Waals surface area contributed by atoms with E-state index in [-0.39, 0.29) is 0 Å². The van der Waals surface area contributed by atoms with Crippen LogP contribution < -0.4 is 0 Å². The van der Waals surface area contributed by atoms with Crippen LogP contribution in [-0.2, 0) is 12.8 Å². The number of hydrogen-bond donors (Lipinski definition) is 0. The van der Waals surface area contributed by atoms with Crippen LogP contribution in [0.5, 0.6) is 0 Å². The molecule has 0 atom stereocenters.